The molecule has 0 rings (SSSR count). The van der Waals surface area contributed by atoms with Crippen molar-refractivity contribution in [3.63, 3.8) is 0 Å². The van der Waals surface area contributed by atoms with Gasteiger partial charge in [0.2, 0.25) is 0 Å². The molecule has 0 aromatic heterocycles. The number of halogens is 3. The van der Waals surface area contributed by atoms with Crippen molar-refractivity contribution in [2.75, 3.05) is 13.1 Å². The molecule has 104 valence electrons. The van der Waals surface area contributed by atoms with Crippen molar-refractivity contribution >= 4 is 39.2 Å². The molecule has 0 spiro atoms. The van der Waals surface area contributed by atoms with E-state index in [1.807, 2.05) is 0 Å². The average molecular weight is 319 g/mol. The van der Waals surface area contributed by atoms with E-state index in [9.17, 15) is 0 Å². The van der Waals surface area contributed by atoms with Gasteiger partial charge in [-0.1, -0.05) is 40.0 Å². The maximum absolute atomic E-state index is 6.26. The number of unbranched alkanes of at least 4 members (excludes halogenated alkanes) is 2. The summed E-state index contributed by atoms with van der Waals surface area (Å²) in [6.45, 7) is 8.72. The summed E-state index contributed by atoms with van der Waals surface area (Å²) in [6.07, 6.45) is 6.88. The molecular weight excluding hydrogens is 293 g/mol. The molecule has 1 unspecified atom stereocenters. The average Bonchev–Trinajstić information content (AvgIpc) is 2.25. The minimum Gasteiger partial charge on any atom is -0.299 e. The van der Waals surface area contributed by atoms with Crippen molar-refractivity contribution in [2.24, 2.45) is 0 Å². The van der Waals surface area contributed by atoms with Crippen LogP contribution in [0.3, 0.4) is 0 Å². The minimum absolute atomic E-state index is 0.190. The fourth-order valence-electron chi connectivity index (χ4n) is 1.97. The van der Waals surface area contributed by atoms with E-state index in [4.69, 9.17) is 33.2 Å². The fourth-order valence-corrected chi connectivity index (χ4v) is 5.48. The van der Waals surface area contributed by atoms with Crippen LogP contribution in [0.4, 0.5) is 0 Å². The third-order valence-electron chi connectivity index (χ3n) is 2.98. The molecule has 0 aromatic rings. The topological polar surface area (TPSA) is 3.24 Å². The lowest BCUT2D eigenvalue weighted by atomic mass is 10.2. The highest BCUT2D eigenvalue weighted by Crippen LogP contribution is 2.31. The Hall–Kier alpha value is 1.05. The van der Waals surface area contributed by atoms with Crippen LogP contribution in [0, 0.1) is 0 Å². The van der Waals surface area contributed by atoms with Gasteiger partial charge >= 0.3 is 6.00 Å². The monoisotopic (exact) mass is 317 g/mol. The Morgan fingerprint density at radius 1 is 0.882 bits per heavy atom. The molecule has 17 heavy (non-hydrogen) atoms. The Kier molecular flexibility index (Phi) is 10.5. The van der Waals surface area contributed by atoms with Crippen LogP contribution in [0.2, 0.25) is 0 Å². The summed E-state index contributed by atoms with van der Waals surface area (Å²) in [4.78, 5) is 2.43. The van der Waals surface area contributed by atoms with Crippen molar-refractivity contribution < 1.29 is 0 Å². The van der Waals surface area contributed by atoms with Crippen molar-refractivity contribution in [3.05, 3.63) is 0 Å². The molecule has 0 heterocycles. The van der Waals surface area contributed by atoms with Gasteiger partial charge < -0.3 is 0 Å². The van der Waals surface area contributed by atoms with Crippen molar-refractivity contribution in [2.45, 2.75) is 65.0 Å². The Labute approximate surface area is 122 Å². The van der Waals surface area contributed by atoms with Gasteiger partial charge in [-0.2, -0.15) is 0 Å². The number of nitrogens with zero attached hydrogens (tertiary/aromatic N) is 1. The predicted octanol–water partition coefficient (Wildman–Crippen LogP) is 5.25. The summed E-state index contributed by atoms with van der Waals surface area (Å²) in [6, 6.07) is -2.63. The summed E-state index contributed by atoms with van der Waals surface area (Å²) in [5.74, 6) is 0. The summed E-state index contributed by atoms with van der Waals surface area (Å²) in [5, 5.41) is 0. The summed E-state index contributed by atoms with van der Waals surface area (Å²) < 4.78 is 0. The lowest BCUT2D eigenvalue weighted by Crippen LogP contribution is -2.48. The van der Waals surface area contributed by atoms with Gasteiger partial charge in [-0.15, -0.1) is 33.2 Å². The van der Waals surface area contributed by atoms with Crippen molar-refractivity contribution in [1.82, 2.24) is 4.90 Å². The van der Waals surface area contributed by atoms with E-state index in [0.717, 1.165) is 25.9 Å². The molecule has 0 fully saturated rings. The zero-order valence-corrected chi connectivity index (χ0v) is 14.6. The highest BCUT2D eigenvalue weighted by atomic mass is 35.8. The molecular formula is C12H26Cl3NSi. The number of hydrogen-bond donors (Lipinski definition) is 0. The van der Waals surface area contributed by atoms with Crippen molar-refractivity contribution in [3.8, 4) is 0 Å². The molecule has 0 radical (unpaired) electrons. The maximum Gasteiger partial charge on any atom is 0.357 e. The Morgan fingerprint density at radius 3 is 1.65 bits per heavy atom. The molecule has 0 aliphatic rings. The van der Waals surface area contributed by atoms with Crippen LogP contribution in [0.5, 0.6) is 0 Å². The van der Waals surface area contributed by atoms with Crippen LogP contribution in [0.15, 0.2) is 0 Å². The van der Waals surface area contributed by atoms with E-state index in [-0.39, 0.29) is 5.67 Å². The molecule has 0 aliphatic carbocycles. The van der Waals surface area contributed by atoms with Crippen LogP contribution < -0.4 is 0 Å². The highest BCUT2D eigenvalue weighted by Gasteiger charge is 2.39. The van der Waals surface area contributed by atoms with E-state index >= 15 is 0 Å². The van der Waals surface area contributed by atoms with Crippen LogP contribution >= 0.6 is 33.2 Å². The lowest BCUT2D eigenvalue weighted by molar-refractivity contribution is 0.231. The van der Waals surface area contributed by atoms with E-state index in [2.05, 4.69) is 25.7 Å². The van der Waals surface area contributed by atoms with Crippen LogP contribution in [-0.4, -0.2) is 29.7 Å². The van der Waals surface area contributed by atoms with Gasteiger partial charge in [0.15, 0.2) is 0 Å². The van der Waals surface area contributed by atoms with Gasteiger partial charge in [-0.3, -0.25) is 4.90 Å². The SMILES string of the molecule is CCCCN(CCCC)C(CCC)[Si](Cl)(Cl)Cl. The molecule has 0 aliphatic heterocycles. The smallest absolute Gasteiger partial charge is 0.299 e. The number of hydrogen-bond acceptors (Lipinski definition) is 1. The second-order valence-corrected chi connectivity index (χ2v) is 13.4. The maximum atomic E-state index is 6.26. The first-order valence-corrected chi connectivity index (χ1v) is 11.9. The summed E-state index contributed by atoms with van der Waals surface area (Å²) in [7, 11) is 0. The summed E-state index contributed by atoms with van der Waals surface area (Å²) >= 11 is 18.8. The predicted molar refractivity (Wildman–Crippen MR) is 83.4 cm³/mol. The molecule has 5 heteroatoms. The first-order chi connectivity index (χ1) is 7.97. The van der Waals surface area contributed by atoms with Gasteiger partial charge in [0, 0.05) is 5.67 Å². The minimum atomic E-state index is -2.63. The molecule has 0 N–H and O–H groups in total. The second-order valence-electron chi connectivity index (χ2n) is 4.59. The number of rotatable bonds is 10. The highest BCUT2D eigenvalue weighted by molar-refractivity contribution is 7.65. The third-order valence-corrected chi connectivity index (χ3v) is 6.66. The Bertz CT molecular complexity index is 177. The Balaban J connectivity index is 4.54. The van der Waals surface area contributed by atoms with Gasteiger partial charge in [0.25, 0.3) is 0 Å². The molecule has 0 amide bonds. The quantitative estimate of drug-likeness (QED) is 0.393. The van der Waals surface area contributed by atoms with E-state index < -0.39 is 6.00 Å². The van der Waals surface area contributed by atoms with Crippen LogP contribution in [-0.2, 0) is 0 Å². The first-order valence-electron chi connectivity index (χ1n) is 6.78. The van der Waals surface area contributed by atoms with Gasteiger partial charge in [0.05, 0.1) is 0 Å². The zero-order valence-electron chi connectivity index (χ0n) is 11.3. The largest absolute Gasteiger partial charge is 0.357 e. The molecule has 0 saturated carbocycles. The first kappa shape index (κ1) is 18.0. The normalized spacial score (nSPS) is 14.3. The third kappa shape index (κ3) is 7.94. The molecule has 1 nitrogen and oxygen atoms in total. The van der Waals surface area contributed by atoms with E-state index in [1.54, 1.807) is 0 Å². The zero-order chi connectivity index (χ0) is 13.3. The molecule has 0 saturated heterocycles. The van der Waals surface area contributed by atoms with E-state index in [0.29, 0.717) is 0 Å². The van der Waals surface area contributed by atoms with Crippen molar-refractivity contribution in [1.29, 1.82) is 0 Å². The fraction of sp³-hybridized carbons (Fsp3) is 1.00. The van der Waals surface area contributed by atoms with Gasteiger partial charge in [0.1, 0.15) is 0 Å². The second kappa shape index (κ2) is 9.91. The van der Waals surface area contributed by atoms with Crippen LogP contribution in [0.1, 0.15) is 59.3 Å². The van der Waals surface area contributed by atoms with Crippen LogP contribution in [0.25, 0.3) is 0 Å². The van der Waals surface area contributed by atoms with Gasteiger partial charge in [-0.05, 0) is 32.4 Å². The lowest BCUT2D eigenvalue weighted by Gasteiger charge is -2.34. The molecule has 0 aromatic carbocycles. The molecule has 1 atom stereocenters. The van der Waals surface area contributed by atoms with Gasteiger partial charge in [-0.25, -0.2) is 0 Å². The standard InChI is InChI=1S/C12H26Cl3NSi/c1-4-7-10-16(11-8-5-2)12(9-6-3)17(13,14)15/h12H,4-11H2,1-3H3. The summed E-state index contributed by atoms with van der Waals surface area (Å²) in [5.41, 5.74) is 0.190. The Morgan fingerprint density at radius 2 is 1.35 bits per heavy atom. The molecule has 0 bridgehead atoms. The van der Waals surface area contributed by atoms with E-state index in [1.165, 1.54) is 25.7 Å².